The quantitative estimate of drug-likeness (QED) is 0.534. The Morgan fingerprint density at radius 1 is 0.964 bits per heavy atom. The van der Waals surface area contributed by atoms with Gasteiger partial charge in [-0.2, -0.15) is 0 Å². The van der Waals surface area contributed by atoms with Crippen LogP contribution < -0.4 is 4.90 Å². The van der Waals surface area contributed by atoms with Crippen molar-refractivity contribution in [3.63, 3.8) is 0 Å². The third-order valence-electron chi connectivity index (χ3n) is 5.21. The molecule has 0 saturated carbocycles. The largest absolute Gasteiger partial charge is 0.372 e. The smallest absolute Gasteiger partial charge is 0.213 e. The normalized spacial score (nSPS) is 20.2. The number of hydrogen-bond donors (Lipinski definition) is 0. The van der Waals surface area contributed by atoms with Crippen molar-refractivity contribution in [1.29, 1.82) is 0 Å². The van der Waals surface area contributed by atoms with E-state index in [0.29, 0.717) is 0 Å². The van der Waals surface area contributed by atoms with Crippen LogP contribution in [-0.4, -0.2) is 44.9 Å². The fraction of sp³-hybridized carbons (Fsp3) is 0.318. The Balaban J connectivity index is 1.80. The van der Waals surface area contributed by atoms with E-state index in [2.05, 4.69) is 70.6 Å². The average Bonchev–Trinajstić information content (AvgIpc) is 3.12. The van der Waals surface area contributed by atoms with Crippen LogP contribution in [0.3, 0.4) is 0 Å². The molecule has 142 valence electrons. The molecule has 0 bridgehead atoms. The van der Waals surface area contributed by atoms with Gasteiger partial charge in [-0.05, 0) is 39.0 Å². The maximum absolute atomic E-state index is 5.94. The number of ether oxygens (including phenoxy) is 1. The molecule has 1 aliphatic rings. The van der Waals surface area contributed by atoms with Crippen molar-refractivity contribution < 1.29 is 4.74 Å². The molecule has 1 aliphatic heterocycles. The summed E-state index contributed by atoms with van der Waals surface area (Å²) in [5, 5.41) is 10.1. The molecule has 0 unspecified atom stereocenters. The Hall–Kier alpha value is -2.99. The molecular formula is C22H23N5O. The first kappa shape index (κ1) is 17.1. The summed E-state index contributed by atoms with van der Waals surface area (Å²) in [6, 6.07) is 16.5. The maximum Gasteiger partial charge on any atom is 0.213 e. The summed E-state index contributed by atoms with van der Waals surface area (Å²) in [5.74, 6) is 1.69. The molecule has 6 nitrogen and oxygen atoms in total. The number of benzene rings is 2. The molecule has 0 N–H and O–H groups in total. The molecule has 3 heterocycles. The Morgan fingerprint density at radius 3 is 2.54 bits per heavy atom. The minimum Gasteiger partial charge on any atom is -0.372 e. The summed E-state index contributed by atoms with van der Waals surface area (Å²) in [6.45, 7) is 7.88. The van der Waals surface area contributed by atoms with Crippen molar-refractivity contribution in [3.8, 4) is 11.4 Å². The molecular weight excluding hydrogens is 350 g/mol. The number of aromatic nitrogens is 4. The molecule has 0 amide bonds. The van der Waals surface area contributed by atoms with E-state index in [1.807, 2.05) is 18.2 Å². The minimum atomic E-state index is 0.144. The first-order valence-corrected chi connectivity index (χ1v) is 9.71. The number of anilines is 1. The van der Waals surface area contributed by atoms with Gasteiger partial charge < -0.3 is 9.64 Å². The van der Waals surface area contributed by atoms with Crippen molar-refractivity contribution in [2.45, 2.75) is 33.0 Å². The number of rotatable bonds is 2. The second kappa shape index (κ2) is 6.56. The fourth-order valence-corrected chi connectivity index (χ4v) is 4.09. The minimum absolute atomic E-state index is 0.144. The molecule has 1 fully saturated rings. The highest BCUT2D eigenvalue weighted by Crippen LogP contribution is 2.30. The number of aryl methyl sites for hydroxylation is 1. The summed E-state index contributed by atoms with van der Waals surface area (Å²) < 4.78 is 8.04. The van der Waals surface area contributed by atoms with Gasteiger partial charge in [0.1, 0.15) is 0 Å². The molecule has 0 aliphatic carbocycles. The lowest BCUT2D eigenvalue weighted by atomic mass is 10.1. The van der Waals surface area contributed by atoms with Crippen molar-refractivity contribution in [2.75, 3.05) is 18.0 Å². The molecule has 0 spiro atoms. The van der Waals surface area contributed by atoms with E-state index in [1.54, 1.807) is 0 Å². The number of fused-ring (bicyclic) bond motifs is 3. The highest BCUT2D eigenvalue weighted by Gasteiger charge is 2.27. The number of hydrogen-bond acceptors (Lipinski definition) is 5. The van der Waals surface area contributed by atoms with Crippen LogP contribution in [0.25, 0.3) is 27.9 Å². The monoisotopic (exact) mass is 373 g/mol. The predicted molar refractivity (Wildman–Crippen MR) is 111 cm³/mol. The molecule has 2 aromatic carbocycles. The van der Waals surface area contributed by atoms with E-state index in [0.717, 1.165) is 47.0 Å². The maximum atomic E-state index is 5.94. The highest BCUT2D eigenvalue weighted by atomic mass is 16.5. The van der Waals surface area contributed by atoms with Crippen LogP contribution in [0, 0.1) is 6.92 Å². The van der Waals surface area contributed by atoms with Gasteiger partial charge in [-0.3, -0.25) is 0 Å². The first-order valence-electron chi connectivity index (χ1n) is 9.71. The zero-order chi connectivity index (χ0) is 19.3. The Labute approximate surface area is 163 Å². The van der Waals surface area contributed by atoms with E-state index < -0.39 is 0 Å². The van der Waals surface area contributed by atoms with E-state index in [-0.39, 0.29) is 12.2 Å². The molecule has 28 heavy (non-hydrogen) atoms. The Kier molecular flexibility index (Phi) is 4.02. The van der Waals surface area contributed by atoms with Crippen LogP contribution in [0.5, 0.6) is 0 Å². The Morgan fingerprint density at radius 2 is 1.75 bits per heavy atom. The zero-order valence-corrected chi connectivity index (χ0v) is 16.3. The van der Waals surface area contributed by atoms with Gasteiger partial charge in [0.15, 0.2) is 11.5 Å². The van der Waals surface area contributed by atoms with Gasteiger partial charge in [-0.1, -0.05) is 35.9 Å². The number of nitrogens with zero attached hydrogens (tertiary/aromatic N) is 5. The van der Waals surface area contributed by atoms with Gasteiger partial charge >= 0.3 is 0 Å². The molecule has 2 aromatic heterocycles. The fourth-order valence-electron chi connectivity index (χ4n) is 4.09. The molecule has 4 aromatic rings. The Bertz CT molecular complexity index is 1160. The SMILES string of the molecule is Cc1cccc(-c2nnc3c4ccccc4nc(N4C[C@@H](C)O[C@H](C)C4)n23)c1. The van der Waals surface area contributed by atoms with Crippen LogP contribution in [0.15, 0.2) is 48.5 Å². The van der Waals surface area contributed by atoms with Crippen LogP contribution in [0.2, 0.25) is 0 Å². The van der Waals surface area contributed by atoms with Gasteiger partial charge in [-0.25, -0.2) is 9.38 Å². The zero-order valence-electron chi connectivity index (χ0n) is 16.3. The predicted octanol–water partition coefficient (Wildman–Crippen LogP) is 3.87. The van der Waals surface area contributed by atoms with Gasteiger partial charge in [0, 0.05) is 24.0 Å². The standard InChI is InChI=1S/C22H23N5O/c1-14-7-6-8-17(11-14)20-24-25-21-18-9-4-5-10-19(18)23-22(27(20)21)26-12-15(2)28-16(3)13-26/h4-11,15-16H,12-13H2,1-3H3/t15-,16-/m1/s1. The van der Waals surface area contributed by atoms with Gasteiger partial charge in [-0.15, -0.1) is 10.2 Å². The summed E-state index contributed by atoms with van der Waals surface area (Å²) in [7, 11) is 0. The van der Waals surface area contributed by atoms with Crippen molar-refractivity contribution >= 4 is 22.5 Å². The van der Waals surface area contributed by atoms with Crippen LogP contribution in [0.4, 0.5) is 5.95 Å². The van der Waals surface area contributed by atoms with Crippen molar-refractivity contribution in [2.24, 2.45) is 0 Å². The molecule has 6 heteroatoms. The number of morpholine rings is 1. The lowest BCUT2D eigenvalue weighted by Gasteiger charge is -2.36. The molecule has 2 atom stereocenters. The number of para-hydroxylation sites is 1. The second-order valence-corrected chi connectivity index (χ2v) is 7.64. The average molecular weight is 373 g/mol. The van der Waals surface area contributed by atoms with Crippen LogP contribution >= 0.6 is 0 Å². The summed E-state index contributed by atoms with van der Waals surface area (Å²) in [5.41, 5.74) is 4.00. The summed E-state index contributed by atoms with van der Waals surface area (Å²) in [4.78, 5) is 7.32. The third-order valence-corrected chi connectivity index (χ3v) is 5.21. The third kappa shape index (κ3) is 2.81. The van der Waals surface area contributed by atoms with E-state index in [1.165, 1.54) is 5.56 Å². The lowest BCUT2D eigenvalue weighted by Crippen LogP contribution is -2.46. The topological polar surface area (TPSA) is 55.5 Å². The van der Waals surface area contributed by atoms with Gasteiger partial charge in [0.05, 0.1) is 17.7 Å². The van der Waals surface area contributed by atoms with E-state index >= 15 is 0 Å². The van der Waals surface area contributed by atoms with E-state index in [9.17, 15) is 0 Å². The summed E-state index contributed by atoms with van der Waals surface area (Å²) in [6.07, 6.45) is 0.289. The first-order chi connectivity index (χ1) is 13.6. The van der Waals surface area contributed by atoms with Crippen LogP contribution in [-0.2, 0) is 4.74 Å². The summed E-state index contributed by atoms with van der Waals surface area (Å²) >= 11 is 0. The molecule has 1 saturated heterocycles. The second-order valence-electron chi connectivity index (χ2n) is 7.64. The van der Waals surface area contributed by atoms with Gasteiger partial charge in [0.25, 0.3) is 0 Å². The van der Waals surface area contributed by atoms with Crippen molar-refractivity contribution in [3.05, 3.63) is 54.1 Å². The highest BCUT2D eigenvalue weighted by molar-refractivity contribution is 5.93. The van der Waals surface area contributed by atoms with E-state index in [4.69, 9.17) is 9.72 Å². The van der Waals surface area contributed by atoms with Crippen molar-refractivity contribution in [1.82, 2.24) is 19.6 Å². The molecule has 0 radical (unpaired) electrons. The van der Waals surface area contributed by atoms with Gasteiger partial charge in [0.2, 0.25) is 5.95 Å². The lowest BCUT2D eigenvalue weighted by molar-refractivity contribution is -0.00576. The molecule has 5 rings (SSSR count). The van der Waals surface area contributed by atoms with Crippen LogP contribution in [0.1, 0.15) is 19.4 Å².